The second-order valence-electron chi connectivity index (χ2n) is 11.6. The lowest BCUT2D eigenvalue weighted by molar-refractivity contribution is -0.143. The summed E-state index contributed by atoms with van der Waals surface area (Å²) in [6, 6.07) is 8.39. The zero-order valence-electron chi connectivity index (χ0n) is 24.6. The summed E-state index contributed by atoms with van der Waals surface area (Å²) in [4.78, 5) is 43.7. The number of aliphatic hydroxyl groups excluding tert-OH is 2. The van der Waals surface area contributed by atoms with Crippen molar-refractivity contribution in [3.05, 3.63) is 35.9 Å². The summed E-state index contributed by atoms with van der Waals surface area (Å²) in [5.41, 5.74) is 0.424. The first-order valence-electron chi connectivity index (χ1n) is 15.2. The predicted molar refractivity (Wildman–Crippen MR) is 155 cm³/mol. The number of unbranched alkanes of at least 4 members (excludes halogenated alkanes) is 2. The number of carbonyl (C=O) groups is 3. The van der Waals surface area contributed by atoms with Gasteiger partial charge < -0.3 is 25.7 Å². The minimum atomic E-state index is -0.930. The molecule has 2 heterocycles. The van der Waals surface area contributed by atoms with Crippen molar-refractivity contribution < 1.29 is 24.6 Å². The number of rotatable bonds is 16. The summed E-state index contributed by atoms with van der Waals surface area (Å²) in [5.74, 6) is -0.790. The van der Waals surface area contributed by atoms with Crippen LogP contribution in [-0.2, 0) is 20.8 Å². The van der Waals surface area contributed by atoms with E-state index >= 15 is 0 Å². The fraction of sp³-hybridized carbons (Fsp3) is 0.710. The minimum Gasteiger partial charge on any atom is -0.396 e. The van der Waals surface area contributed by atoms with E-state index in [9.17, 15) is 24.6 Å². The quantitative estimate of drug-likeness (QED) is 0.231. The van der Waals surface area contributed by atoms with Crippen molar-refractivity contribution in [1.82, 2.24) is 20.4 Å². The second kappa shape index (κ2) is 15.5. The molecule has 1 spiro atoms. The van der Waals surface area contributed by atoms with E-state index in [1.807, 2.05) is 30.3 Å². The molecule has 9 heteroatoms. The van der Waals surface area contributed by atoms with Crippen LogP contribution in [0.3, 0.4) is 0 Å². The van der Waals surface area contributed by atoms with E-state index in [-0.39, 0.29) is 30.7 Å². The molecule has 2 saturated heterocycles. The van der Waals surface area contributed by atoms with Crippen molar-refractivity contribution in [1.29, 1.82) is 0 Å². The molecule has 1 aromatic rings. The first-order chi connectivity index (χ1) is 19.2. The minimum absolute atomic E-state index is 0.00850. The molecule has 9 nitrogen and oxygen atoms in total. The van der Waals surface area contributed by atoms with E-state index in [1.165, 1.54) is 0 Å². The standard InChI is InChI=1S/C31H50N4O5/c1-4-5-16-32-28(38)23(2)21-27(37)26(22-25-12-7-6-8-13-25)33-29(39)24(3)35-19-15-31(30(35)40)14-11-18-34(31)17-9-10-20-36/h6-8,12-13,23-24,26-27,36-37H,4-5,9-11,14-22H2,1-3H3,(H,32,38)(H,33,39)/t23-,24+,26+,27+,31-/m1/s1. The zero-order valence-corrected chi connectivity index (χ0v) is 24.6. The highest BCUT2D eigenvalue weighted by Gasteiger charge is 2.54. The molecule has 1 aromatic carbocycles. The molecule has 2 aliphatic rings. The van der Waals surface area contributed by atoms with E-state index < -0.39 is 29.6 Å². The lowest BCUT2D eigenvalue weighted by Gasteiger charge is -2.35. The van der Waals surface area contributed by atoms with Crippen molar-refractivity contribution in [2.24, 2.45) is 5.92 Å². The molecule has 0 aromatic heterocycles. The largest absolute Gasteiger partial charge is 0.396 e. The molecule has 0 bridgehead atoms. The Balaban J connectivity index is 1.66. The van der Waals surface area contributed by atoms with Crippen LogP contribution in [0.4, 0.5) is 0 Å². The number of aliphatic hydroxyl groups is 2. The summed E-state index contributed by atoms with van der Waals surface area (Å²) < 4.78 is 0. The van der Waals surface area contributed by atoms with Crippen LogP contribution in [0.25, 0.3) is 0 Å². The van der Waals surface area contributed by atoms with Gasteiger partial charge in [0.05, 0.1) is 12.1 Å². The SMILES string of the molecule is CCCCNC(=O)[C@H](C)C[C@H](O)[C@H](Cc1ccccc1)NC(=O)[C@H](C)N1CC[C@]2(CCCN2CCCCO)C1=O. The topological polar surface area (TPSA) is 122 Å². The third-order valence-corrected chi connectivity index (χ3v) is 8.69. The summed E-state index contributed by atoms with van der Waals surface area (Å²) in [5, 5.41) is 26.3. The zero-order chi connectivity index (χ0) is 29.1. The number of hydrogen-bond acceptors (Lipinski definition) is 6. The van der Waals surface area contributed by atoms with Crippen LogP contribution < -0.4 is 10.6 Å². The first-order valence-corrected chi connectivity index (χ1v) is 15.2. The van der Waals surface area contributed by atoms with Gasteiger partial charge in [-0.1, -0.05) is 50.6 Å². The number of carbonyl (C=O) groups excluding carboxylic acids is 3. The Hall–Kier alpha value is -2.49. The lowest BCUT2D eigenvalue weighted by Crippen LogP contribution is -2.56. The Labute approximate surface area is 239 Å². The van der Waals surface area contributed by atoms with Gasteiger partial charge in [0.15, 0.2) is 0 Å². The molecule has 0 saturated carbocycles. The van der Waals surface area contributed by atoms with Crippen LogP contribution in [0.1, 0.15) is 77.7 Å². The van der Waals surface area contributed by atoms with Crippen LogP contribution in [0.15, 0.2) is 30.3 Å². The van der Waals surface area contributed by atoms with E-state index in [2.05, 4.69) is 22.5 Å². The number of hydrogen-bond donors (Lipinski definition) is 4. The maximum atomic E-state index is 13.7. The summed E-state index contributed by atoms with van der Waals surface area (Å²) in [7, 11) is 0. The van der Waals surface area contributed by atoms with Gasteiger partial charge in [0.2, 0.25) is 17.7 Å². The van der Waals surface area contributed by atoms with Crippen LogP contribution in [0, 0.1) is 5.92 Å². The molecule has 40 heavy (non-hydrogen) atoms. The monoisotopic (exact) mass is 558 g/mol. The number of benzene rings is 1. The van der Waals surface area contributed by atoms with E-state index in [4.69, 9.17) is 0 Å². The Morgan fingerprint density at radius 2 is 1.80 bits per heavy atom. The Morgan fingerprint density at radius 3 is 2.50 bits per heavy atom. The third kappa shape index (κ3) is 8.04. The molecular weight excluding hydrogens is 508 g/mol. The van der Waals surface area contributed by atoms with Gasteiger partial charge in [-0.2, -0.15) is 0 Å². The number of amides is 3. The highest BCUT2D eigenvalue weighted by molar-refractivity contribution is 5.94. The van der Waals surface area contributed by atoms with E-state index in [1.54, 1.807) is 18.7 Å². The maximum Gasteiger partial charge on any atom is 0.243 e. The van der Waals surface area contributed by atoms with Crippen molar-refractivity contribution in [3.8, 4) is 0 Å². The average Bonchev–Trinajstić information content (AvgIpc) is 3.51. The van der Waals surface area contributed by atoms with Gasteiger partial charge in [-0.25, -0.2) is 0 Å². The van der Waals surface area contributed by atoms with Crippen molar-refractivity contribution in [3.63, 3.8) is 0 Å². The normalized spacial score (nSPS) is 22.3. The Kier molecular flexibility index (Phi) is 12.4. The van der Waals surface area contributed by atoms with Crippen LogP contribution >= 0.6 is 0 Å². The molecule has 224 valence electrons. The smallest absolute Gasteiger partial charge is 0.243 e. The van der Waals surface area contributed by atoms with Gasteiger partial charge in [-0.05, 0) is 76.9 Å². The van der Waals surface area contributed by atoms with Crippen LogP contribution in [0.5, 0.6) is 0 Å². The van der Waals surface area contributed by atoms with Crippen LogP contribution in [0.2, 0.25) is 0 Å². The van der Waals surface area contributed by atoms with Crippen molar-refractivity contribution in [2.45, 2.75) is 102 Å². The van der Waals surface area contributed by atoms with Crippen molar-refractivity contribution >= 4 is 17.7 Å². The molecule has 4 N–H and O–H groups in total. The van der Waals surface area contributed by atoms with Gasteiger partial charge in [-0.3, -0.25) is 19.3 Å². The average molecular weight is 559 g/mol. The highest BCUT2D eigenvalue weighted by Crippen LogP contribution is 2.39. The van der Waals surface area contributed by atoms with E-state index in [0.29, 0.717) is 32.4 Å². The van der Waals surface area contributed by atoms with Gasteiger partial charge in [0.25, 0.3) is 0 Å². The first kappa shape index (κ1) is 32.0. The van der Waals surface area contributed by atoms with Gasteiger partial charge in [0, 0.05) is 25.6 Å². The number of nitrogens with one attached hydrogen (secondary N) is 2. The van der Waals surface area contributed by atoms with Crippen molar-refractivity contribution in [2.75, 3.05) is 32.8 Å². The molecular formula is C31H50N4O5. The highest BCUT2D eigenvalue weighted by atomic mass is 16.3. The third-order valence-electron chi connectivity index (χ3n) is 8.69. The fourth-order valence-electron chi connectivity index (χ4n) is 6.14. The molecule has 5 atom stereocenters. The summed E-state index contributed by atoms with van der Waals surface area (Å²) in [6.45, 7) is 8.54. The Morgan fingerprint density at radius 1 is 1.05 bits per heavy atom. The van der Waals surface area contributed by atoms with Gasteiger partial charge in [-0.15, -0.1) is 0 Å². The maximum absolute atomic E-state index is 13.7. The lowest BCUT2D eigenvalue weighted by atomic mass is 9.93. The molecule has 0 unspecified atom stereocenters. The molecule has 3 amide bonds. The molecule has 0 radical (unpaired) electrons. The Bertz CT molecular complexity index is 960. The molecule has 3 rings (SSSR count). The van der Waals surface area contributed by atoms with Gasteiger partial charge >= 0.3 is 0 Å². The molecule has 2 fully saturated rings. The molecule has 2 aliphatic heterocycles. The summed E-state index contributed by atoms with van der Waals surface area (Å²) >= 11 is 0. The second-order valence-corrected chi connectivity index (χ2v) is 11.6. The number of likely N-dealkylation sites (tertiary alicyclic amines) is 2. The fourth-order valence-corrected chi connectivity index (χ4v) is 6.14. The van der Waals surface area contributed by atoms with Gasteiger partial charge in [0.1, 0.15) is 11.6 Å². The van der Waals surface area contributed by atoms with Crippen LogP contribution in [-0.4, -0.2) is 94.2 Å². The molecule has 0 aliphatic carbocycles. The summed E-state index contributed by atoms with van der Waals surface area (Å²) in [6.07, 6.45) is 5.61. The van der Waals surface area contributed by atoms with E-state index in [0.717, 1.165) is 50.8 Å². The predicted octanol–water partition coefficient (Wildman–Crippen LogP) is 2.25. The number of nitrogens with zero attached hydrogens (tertiary/aromatic N) is 2.